The average Bonchev–Trinajstić information content (AvgIpc) is 3.13. The summed E-state index contributed by atoms with van der Waals surface area (Å²) < 4.78 is 0. The Bertz CT molecular complexity index is 869. The van der Waals surface area contributed by atoms with Crippen LogP contribution in [0.25, 0.3) is 21.5 Å². The molecule has 0 spiro atoms. The van der Waals surface area contributed by atoms with Gasteiger partial charge >= 0.3 is 26.2 Å². The quantitative estimate of drug-likeness (QED) is 0.264. The number of benzene rings is 2. The van der Waals surface area contributed by atoms with Crippen molar-refractivity contribution in [3.05, 3.63) is 96.1 Å². The third-order valence-electron chi connectivity index (χ3n) is 4.23. The molecule has 0 aromatic heterocycles. The van der Waals surface area contributed by atoms with Gasteiger partial charge in [0.15, 0.2) is 0 Å². The maximum Gasteiger partial charge on any atom is 4.00 e. The van der Waals surface area contributed by atoms with Gasteiger partial charge in [-0.2, -0.15) is 12.1 Å². The van der Waals surface area contributed by atoms with Crippen molar-refractivity contribution < 1.29 is 51.0 Å². The smallest absolute Gasteiger partial charge is 1.00 e. The van der Waals surface area contributed by atoms with Crippen LogP contribution in [0.3, 0.4) is 0 Å². The van der Waals surface area contributed by atoms with Gasteiger partial charge in [-0.05, 0) is 13.8 Å². The Morgan fingerprint density at radius 3 is 1.26 bits per heavy atom. The Hall–Kier alpha value is -1.14. The summed E-state index contributed by atoms with van der Waals surface area (Å²) >= 11 is 0. The Balaban J connectivity index is 0. The Morgan fingerprint density at radius 1 is 0.630 bits per heavy atom. The van der Waals surface area contributed by atoms with Gasteiger partial charge in [0, 0.05) is 0 Å². The number of hydrogen-bond acceptors (Lipinski definition) is 0. The predicted molar refractivity (Wildman–Crippen MR) is 109 cm³/mol. The maximum atomic E-state index is 3.00. The van der Waals surface area contributed by atoms with Gasteiger partial charge < -0.3 is 24.8 Å². The van der Waals surface area contributed by atoms with Crippen molar-refractivity contribution in [3.8, 4) is 0 Å². The first-order valence-corrected chi connectivity index (χ1v) is 8.30. The fourth-order valence-corrected chi connectivity index (χ4v) is 3.08. The van der Waals surface area contributed by atoms with Crippen LogP contribution in [0.15, 0.2) is 73.8 Å². The molecule has 3 heteroatoms. The Kier molecular flexibility index (Phi) is 13.6. The molecule has 0 radical (unpaired) electrons. The average molecular weight is 477 g/mol. The van der Waals surface area contributed by atoms with Crippen LogP contribution in [0.1, 0.15) is 22.3 Å². The molecular weight excluding hydrogens is 450 g/mol. The van der Waals surface area contributed by atoms with Crippen LogP contribution in [-0.4, -0.2) is 0 Å². The van der Waals surface area contributed by atoms with Crippen molar-refractivity contribution in [3.63, 3.8) is 0 Å². The molecule has 0 heterocycles. The number of fused-ring (bicyclic) bond motifs is 2. The first-order chi connectivity index (χ1) is 11.5. The van der Waals surface area contributed by atoms with E-state index in [1.165, 1.54) is 43.8 Å². The van der Waals surface area contributed by atoms with Gasteiger partial charge in [0.25, 0.3) is 0 Å². The van der Waals surface area contributed by atoms with Gasteiger partial charge in [0.05, 0.1) is 0 Å². The summed E-state index contributed by atoms with van der Waals surface area (Å²) in [6.45, 7) is 14.6. The third-order valence-corrected chi connectivity index (χ3v) is 4.23. The normalized spacial score (nSPS) is 8.89. The minimum atomic E-state index is 0. The van der Waals surface area contributed by atoms with E-state index < -0.39 is 0 Å². The molecule has 27 heavy (non-hydrogen) atoms. The predicted octanol–water partition coefficient (Wildman–Crippen LogP) is 1.16. The molecule has 0 aliphatic rings. The molecule has 0 aliphatic carbocycles. The molecular formula is C24H26Cl2Zr. The summed E-state index contributed by atoms with van der Waals surface area (Å²) in [7, 11) is 0. The van der Waals surface area contributed by atoms with E-state index in [1.54, 1.807) is 0 Å². The number of halogens is 2. The van der Waals surface area contributed by atoms with Gasteiger partial charge in [-0.3, -0.25) is 0 Å². The third kappa shape index (κ3) is 7.07. The summed E-state index contributed by atoms with van der Waals surface area (Å²) in [5.41, 5.74) is 5.45. The summed E-state index contributed by atoms with van der Waals surface area (Å²) in [6.07, 6.45) is 0. The zero-order valence-electron chi connectivity index (χ0n) is 16.4. The van der Waals surface area contributed by atoms with E-state index in [0.29, 0.717) is 0 Å². The van der Waals surface area contributed by atoms with Crippen molar-refractivity contribution in [2.24, 2.45) is 0 Å². The van der Waals surface area contributed by atoms with E-state index in [4.69, 9.17) is 0 Å². The van der Waals surface area contributed by atoms with Crippen molar-refractivity contribution in [1.82, 2.24) is 0 Å². The second-order valence-electron chi connectivity index (χ2n) is 6.22. The van der Waals surface area contributed by atoms with Crippen LogP contribution in [0.2, 0.25) is 0 Å². The van der Waals surface area contributed by atoms with Crippen molar-refractivity contribution in [1.29, 1.82) is 0 Å². The molecule has 0 saturated carbocycles. The fourth-order valence-electron chi connectivity index (χ4n) is 3.08. The molecule has 0 atom stereocenters. The zero-order valence-corrected chi connectivity index (χ0v) is 20.4. The molecule has 0 nitrogen and oxygen atoms in total. The molecule has 0 bridgehead atoms. The molecule has 0 amide bonds. The van der Waals surface area contributed by atoms with Crippen LogP contribution in [-0.2, 0) is 26.2 Å². The second kappa shape index (κ2) is 13.1. The monoisotopic (exact) mass is 474 g/mol. The van der Waals surface area contributed by atoms with E-state index in [-0.39, 0.29) is 51.0 Å². The summed E-state index contributed by atoms with van der Waals surface area (Å²) in [5, 5.41) is 5.51. The SMILES string of the molecule is C=C.Cc1cc2c(C)cccc2[cH-]1.Cc1cc2c(C)cccc2[cH-]1.[Cl-].[Cl-].[Zr+4]. The summed E-state index contributed by atoms with van der Waals surface area (Å²) in [4.78, 5) is 0. The van der Waals surface area contributed by atoms with Gasteiger partial charge in [0.2, 0.25) is 0 Å². The van der Waals surface area contributed by atoms with E-state index in [0.717, 1.165) is 0 Å². The standard InChI is InChI=1S/2C11H11.C2H4.2ClH.Zr/c2*1-8-6-10-5-3-4-9(2)11(10)7-8;1-2;;;/h2*3-7H,1-2H3;1-2H2;2*1H;/q2*-1;;;;+4/p-2. The fraction of sp³-hybridized carbons (Fsp3) is 0.167. The van der Waals surface area contributed by atoms with Crippen LogP contribution in [0.5, 0.6) is 0 Å². The molecule has 4 aromatic carbocycles. The number of hydrogen-bond donors (Lipinski definition) is 0. The van der Waals surface area contributed by atoms with Crippen LogP contribution < -0.4 is 24.8 Å². The van der Waals surface area contributed by atoms with Crippen molar-refractivity contribution >= 4 is 21.5 Å². The van der Waals surface area contributed by atoms with Crippen molar-refractivity contribution in [2.45, 2.75) is 27.7 Å². The Morgan fingerprint density at radius 2 is 0.963 bits per heavy atom. The van der Waals surface area contributed by atoms with Crippen LogP contribution in [0, 0.1) is 27.7 Å². The molecule has 4 rings (SSSR count). The van der Waals surface area contributed by atoms with E-state index in [2.05, 4.69) is 102 Å². The van der Waals surface area contributed by atoms with E-state index in [1.807, 2.05) is 0 Å². The van der Waals surface area contributed by atoms with Gasteiger partial charge in [-0.1, -0.05) is 37.1 Å². The van der Waals surface area contributed by atoms with Gasteiger partial charge in [0.1, 0.15) is 0 Å². The molecule has 140 valence electrons. The molecule has 0 N–H and O–H groups in total. The molecule has 0 saturated heterocycles. The minimum Gasteiger partial charge on any atom is -1.00 e. The summed E-state index contributed by atoms with van der Waals surface area (Å²) in [6, 6.07) is 21.8. The minimum absolute atomic E-state index is 0. The topological polar surface area (TPSA) is 0 Å². The first kappa shape index (κ1) is 28.1. The largest absolute Gasteiger partial charge is 4.00 e. The summed E-state index contributed by atoms with van der Waals surface area (Å²) in [5.74, 6) is 0. The van der Waals surface area contributed by atoms with Crippen LogP contribution >= 0.6 is 0 Å². The zero-order chi connectivity index (χ0) is 17.7. The van der Waals surface area contributed by atoms with E-state index in [9.17, 15) is 0 Å². The number of aryl methyl sites for hydroxylation is 4. The maximum absolute atomic E-state index is 3.00. The second-order valence-corrected chi connectivity index (χ2v) is 6.22. The number of rotatable bonds is 0. The molecule has 0 fully saturated rings. The van der Waals surface area contributed by atoms with Crippen molar-refractivity contribution in [2.75, 3.05) is 0 Å². The Labute approximate surface area is 195 Å². The molecule has 0 unspecified atom stereocenters. The molecule has 4 aromatic rings. The van der Waals surface area contributed by atoms with E-state index >= 15 is 0 Å². The van der Waals surface area contributed by atoms with Gasteiger partial charge in [-0.15, -0.1) is 82.2 Å². The van der Waals surface area contributed by atoms with Crippen LogP contribution in [0.4, 0.5) is 0 Å². The molecule has 0 aliphatic heterocycles. The first-order valence-electron chi connectivity index (χ1n) is 8.30. The van der Waals surface area contributed by atoms with Gasteiger partial charge in [-0.25, -0.2) is 0 Å².